The van der Waals surface area contributed by atoms with Gasteiger partial charge in [-0.15, -0.1) is 0 Å². The summed E-state index contributed by atoms with van der Waals surface area (Å²) in [5.74, 6) is -0.623. The SMILES string of the molecule is C[C@@H](CC1CCC1)n1c(=O)c(C(=O)O)nc2ccccc21. The van der Waals surface area contributed by atoms with E-state index in [2.05, 4.69) is 4.98 Å². The average Bonchev–Trinajstić information content (AvgIpc) is 2.41. The van der Waals surface area contributed by atoms with Crippen molar-refractivity contribution in [3.8, 4) is 0 Å². The molecule has 21 heavy (non-hydrogen) atoms. The van der Waals surface area contributed by atoms with E-state index >= 15 is 0 Å². The Morgan fingerprint density at radius 3 is 2.76 bits per heavy atom. The summed E-state index contributed by atoms with van der Waals surface area (Å²) in [6.07, 6.45) is 4.57. The molecule has 5 heteroatoms. The normalized spacial score (nSPS) is 16.6. The predicted molar refractivity (Wildman–Crippen MR) is 79.6 cm³/mol. The molecule has 0 spiro atoms. The highest BCUT2D eigenvalue weighted by molar-refractivity contribution is 5.88. The summed E-state index contributed by atoms with van der Waals surface area (Å²) >= 11 is 0. The third-order valence-corrected chi connectivity index (χ3v) is 4.34. The highest BCUT2D eigenvalue weighted by Gasteiger charge is 2.24. The molecular formula is C16H18N2O3. The van der Waals surface area contributed by atoms with Gasteiger partial charge in [-0.1, -0.05) is 31.4 Å². The van der Waals surface area contributed by atoms with Crippen molar-refractivity contribution >= 4 is 17.0 Å². The highest BCUT2D eigenvalue weighted by Crippen LogP contribution is 2.34. The van der Waals surface area contributed by atoms with Crippen LogP contribution in [0, 0.1) is 5.92 Å². The minimum Gasteiger partial charge on any atom is -0.476 e. The first kappa shape index (κ1) is 13.8. The Bertz CT molecular complexity index is 747. The van der Waals surface area contributed by atoms with Crippen molar-refractivity contribution in [2.24, 2.45) is 5.92 Å². The fourth-order valence-electron chi connectivity index (χ4n) is 3.05. The van der Waals surface area contributed by atoms with Crippen LogP contribution in [-0.2, 0) is 0 Å². The molecule has 110 valence electrons. The van der Waals surface area contributed by atoms with Gasteiger partial charge in [0, 0.05) is 6.04 Å². The molecule has 0 saturated heterocycles. The van der Waals surface area contributed by atoms with Gasteiger partial charge in [-0.25, -0.2) is 9.78 Å². The number of hydrogen-bond acceptors (Lipinski definition) is 3. The third kappa shape index (κ3) is 2.44. The van der Waals surface area contributed by atoms with E-state index in [9.17, 15) is 14.7 Å². The summed E-state index contributed by atoms with van der Waals surface area (Å²) in [5.41, 5.74) is 0.358. The molecule has 0 unspecified atom stereocenters. The Balaban J connectivity index is 2.15. The summed E-state index contributed by atoms with van der Waals surface area (Å²) in [6.45, 7) is 1.98. The van der Waals surface area contributed by atoms with Gasteiger partial charge in [-0.2, -0.15) is 0 Å². The van der Waals surface area contributed by atoms with Crippen LogP contribution in [0.5, 0.6) is 0 Å². The van der Waals surface area contributed by atoms with Gasteiger partial charge in [0.05, 0.1) is 11.0 Å². The molecule has 1 atom stereocenters. The number of aromatic nitrogens is 2. The topological polar surface area (TPSA) is 72.2 Å². The molecule has 1 fully saturated rings. The number of carboxylic acids is 1. The van der Waals surface area contributed by atoms with Crippen LogP contribution in [-0.4, -0.2) is 20.6 Å². The predicted octanol–water partition coefficient (Wildman–Crippen LogP) is 2.85. The van der Waals surface area contributed by atoms with Crippen LogP contribution < -0.4 is 5.56 Å². The first-order chi connectivity index (χ1) is 10.1. The monoisotopic (exact) mass is 286 g/mol. The minimum atomic E-state index is -1.27. The summed E-state index contributed by atoms with van der Waals surface area (Å²) in [5, 5.41) is 9.19. The van der Waals surface area contributed by atoms with E-state index in [4.69, 9.17) is 0 Å². The second-order valence-corrected chi connectivity index (χ2v) is 5.81. The first-order valence-electron chi connectivity index (χ1n) is 7.32. The van der Waals surface area contributed by atoms with Crippen LogP contribution in [0.4, 0.5) is 0 Å². The number of rotatable bonds is 4. The third-order valence-electron chi connectivity index (χ3n) is 4.34. The zero-order valence-electron chi connectivity index (χ0n) is 12.0. The smallest absolute Gasteiger partial charge is 0.360 e. The Kier molecular flexibility index (Phi) is 3.49. The molecule has 1 saturated carbocycles. The van der Waals surface area contributed by atoms with E-state index in [0.717, 1.165) is 6.42 Å². The van der Waals surface area contributed by atoms with Crippen molar-refractivity contribution in [3.05, 3.63) is 40.3 Å². The lowest BCUT2D eigenvalue weighted by Gasteiger charge is -2.29. The molecular weight excluding hydrogens is 268 g/mol. The van der Waals surface area contributed by atoms with Gasteiger partial charge >= 0.3 is 5.97 Å². The van der Waals surface area contributed by atoms with E-state index in [1.165, 1.54) is 19.3 Å². The number of benzene rings is 1. The average molecular weight is 286 g/mol. The van der Waals surface area contributed by atoms with Crippen molar-refractivity contribution in [1.82, 2.24) is 9.55 Å². The maximum atomic E-state index is 12.5. The number of carbonyl (C=O) groups is 1. The molecule has 1 aliphatic carbocycles. The van der Waals surface area contributed by atoms with Crippen LogP contribution in [0.25, 0.3) is 11.0 Å². The van der Waals surface area contributed by atoms with Crippen LogP contribution >= 0.6 is 0 Å². The van der Waals surface area contributed by atoms with E-state index in [-0.39, 0.29) is 6.04 Å². The number of nitrogens with zero attached hydrogens (tertiary/aromatic N) is 2. The highest BCUT2D eigenvalue weighted by atomic mass is 16.4. The first-order valence-corrected chi connectivity index (χ1v) is 7.32. The Hall–Kier alpha value is -2.17. The molecule has 0 amide bonds. The van der Waals surface area contributed by atoms with E-state index in [1.807, 2.05) is 19.1 Å². The van der Waals surface area contributed by atoms with Gasteiger partial charge in [0.1, 0.15) is 0 Å². The molecule has 1 aromatic heterocycles. The van der Waals surface area contributed by atoms with Gasteiger partial charge in [0.15, 0.2) is 0 Å². The van der Waals surface area contributed by atoms with Gasteiger partial charge in [0.2, 0.25) is 5.69 Å². The molecule has 5 nitrogen and oxygen atoms in total. The molecule has 1 aliphatic rings. The van der Waals surface area contributed by atoms with Gasteiger partial charge < -0.3 is 9.67 Å². The number of aromatic carboxylic acids is 1. The second kappa shape index (κ2) is 5.31. The number of fused-ring (bicyclic) bond motifs is 1. The zero-order chi connectivity index (χ0) is 15.0. The van der Waals surface area contributed by atoms with Crippen LogP contribution in [0.15, 0.2) is 29.1 Å². The fourth-order valence-corrected chi connectivity index (χ4v) is 3.05. The lowest BCUT2D eigenvalue weighted by Crippen LogP contribution is -2.31. The second-order valence-electron chi connectivity index (χ2n) is 5.81. The minimum absolute atomic E-state index is 0.0196. The molecule has 1 heterocycles. The fraction of sp³-hybridized carbons (Fsp3) is 0.438. The van der Waals surface area contributed by atoms with E-state index in [1.54, 1.807) is 16.7 Å². The molecule has 1 N–H and O–H groups in total. The van der Waals surface area contributed by atoms with Crippen molar-refractivity contribution in [3.63, 3.8) is 0 Å². The summed E-state index contributed by atoms with van der Waals surface area (Å²) in [7, 11) is 0. The zero-order valence-corrected chi connectivity index (χ0v) is 12.0. The number of para-hydroxylation sites is 2. The summed E-state index contributed by atoms with van der Waals surface area (Å²) < 4.78 is 1.60. The van der Waals surface area contributed by atoms with Crippen molar-refractivity contribution in [2.75, 3.05) is 0 Å². The Morgan fingerprint density at radius 2 is 2.14 bits per heavy atom. The van der Waals surface area contributed by atoms with Crippen LogP contribution in [0.2, 0.25) is 0 Å². The largest absolute Gasteiger partial charge is 0.476 e. The maximum absolute atomic E-state index is 12.5. The van der Waals surface area contributed by atoms with Crippen molar-refractivity contribution < 1.29 is 9.90 Å². The molecule has 0 radical (unpaired) electrons. The summed E-state index contributed by atoms with van der Waals surface area (Å²) in [6, 6.07) is 7.19. The van der Waals surface area contributed by atoms with Crippen molar-refractivity contribution in [2.45, 2.75) is 38.6 Å². The molecule has 2 aromatic rings. The van der Waals surface area contributed by atoms with Crippen molar-refractivity contribution in [1.29, 1.82) is 0 Å². The lowest BCUT2D eigenvalue weighted by atomic mass is 9.81. The maximum Gasteiger partial charge on any atom is 0.360 e. The van der Waals surface area contributed by atoms with E-state index < -0.39 is 17.2 Å². The van der Waals surface area contributed by atoms with E-state index in [0.29, 0.717) is 17.0 Å². The van der Waals surface area contributed by atoms with Gasteiger partial charge in [-0.05, 0) is 31.4 Å². The lowest BCUT2D eigenvalue weighted by molar-refractivity contribution is 0.0688. The van der Waals surface area contributed by atoms with Gasteiger partial charge in [0.25, 0.3) is 5.56 Å². The molecule has 1 aromatic carbocycles. The molecule has 0 aliphatic heterocycles. The molecule has 3 rings (SSSR count). The number of hydrogen-bond donors (Lipinski definition) is 1. The Labute approximate surface area is 122 Å². The van der Waals surface area contributed by atoms with Crippen LogP contribution in [0.3, 0.4) is 0 Å². The Morgan fingerprint density at radius 1 is 1.43 bits per heavy atom. The standard InChI is InChI=1S/C16H18N2O3/c1-10(9-11-5-4-6-11)18-13-8-3-2-7-12(13)17-14(15(18)19)16(20)21/h2-3,7-8,10-11H,4-6,9H2,1H3,(H,20,21)/t10-/m0/s1. The van der Waals surface area contributed by atoms with Crippen LogP contribution in [0.1, 0.15) is 49.1 Å². The quantitative estimate of drug-likeness (QED) is 0.938. The molecule has 0 bridgehead atoms. The van der Waals surface area contributed by atoms with Gasteiger partial charge in [-0.3, -0.25) is 4.79 Å². The number of carboxylic acid groups (broad SMARTS) is 1. The summed E-state index contributed by atoms with van der Waals surface area (Å²) in [4.78, 5) is 27.7.